The van der Waals surface area contributed by atoms with Gasteiger partial charge in [-0.1, -0.05) is 0 Å². The van der Waals surface area contributed by atoms with E-state index in [0.717, 1.165) is 16.7 Å². The molecule has 0 aliphatic heterocycles. The lowest BCUT2D eigenvalue weighted by Crippen LogP contribution is -2.10. The Balaban J connectivity index is 3.03. The van der Waals surface area contributed by atoms with E-state index in [1.807, 2.05) is 33.8 Å². The molecular formula is C13H20O3. The van der Waals surface area contributed by atoms with Crippen LogP contribution in [0.15, 0.2) is 12.1 Å². The molecule has 1 N–H and O–H groups in total. The second-order valence-electron chi connectivity index (χ2n) is 3.74. The van der Waals surface area contributed by atoms with Crippen LogP contribution in [0.5, 0.6) is 5.75 Å². The first-order chi connectivity index (χ1) is 7.60. The molecule has 0 amide bonds. The van der Waals surface area contributed by atoms with E-state index in [-0.39, 0.29) is 6.29 Å². The number of benzene rings is 1. The van der Waals surface area contributed by atoms with Gasteiger partial charge in [-0.05, 0) is 51.0 Å². The van der Waals surface area contributed by atoms with Crippen molar-refractivity contribution in [3.63, 3.8) is 0 Å². The summed E-state index contributed by atoms with van der Waals surface area (Å²) in [5, 5.41) is 9.58. The smallest absolute Gasteiger partial charge is 0.184 e. The van der Waals surface area contributed by atoms with Gasteiger partial charge in [0.15, 0.2) is 6.29 Å². The molecule has 0 spiro atoms. The number of aryl methyl sites for hydroxylation is 2. The lowest BCUT2D eigenvalue weighted by atomic mass is 10.0. The average Bonchev–Trinajstić information content (AvgIpc) is 2.23. The fourth-order valence-electron chi connectivity index (χ4n) is 1.61. The summed E-state index contributed by atoms with van der Waals surface area (Å²) in [4.78, 5) is 0. The Labute approximate surface area is 97.0 Å². The van der Waals surface area contributed by atoms with Gasteiger partial charge in [-0.25, -0.2) is 0 Å². The van der Waals surface area contributed by atoms with E-state index in [1.54, 1.807) is 6.07 Å². The first-order valence-electron chi connectivity index (χ1n) is 5.63. The molecule has 90 valence electrons. The molecule has 1 rings (SSSR count). The van der Waals surface area contributed by atoms with Crippen molar-refractivity contribution >= 4 is 0 Å². The van der Waals surface area contributed by atoms with E-state index in [1.165, 1.54) is 0 Å². The number of rotatable bonds is 5. The van der Waals surface area contributed by atoms with Crippen LogP contribution in [0.2, 0.25) is 0 Å². The molecule has 16 heavy (non-hydrogen) atoms. The maximum Gasteiger partial charge on any atom is 0.184 e. The van der Waals surface area contributed by atoms with E-state index in [9.17, 15) is 5.11 Å². The summed E-state index contributed by atoms with van der Waals surface area (Å²) in [7, 11) is 0. The van der Waals surface area contributed by atoms with Gasteiger partial charge in [0.1, 0.15) is 5.75 Å². The molecule has 1 aromatic carbocycles. The zero-order valence-corrected chi connectivity index (χ0v) is 10.4. The Morgan fingerprint density at radius 2 is 1.62 bits per heavy atom. The monoisotopic (exact) mass is 224 g/mol. The second kappa shape index (κ2) is 5.87. The maximum absolute atomic E-state index is 9.58. The van der Waals surface area contributed by atoms with Gasteiger partial charge in [-0.3, -0.25) is 0 Å². The molecule has 0 atom stereocenters. The molecule has 3 nitrogen and oxygen atoms in total. The number of phenols is 1. The molecule has 3 heteroatoms. The summed E-state index contributed by atoms with van der Waals surface area (Å²) in [5.74, 6) is 0.313. The number of hydrogen-bond donors (Lipinski definition) is 1. The highest BCUT2D eigenvalue weighted by Gasteiger charge is 2.15. The van der Waals surface area contributed by atoms with Crippen LogP contribution in [0.1, 0.15) is 36.8 Å². The van der Waals surface area contributed by atoms with Gasteiger partial charge < -0.3 is 14.6 Å². The van der Waals surface area contributed by atoms with E-state index in [4.69, 9.17) is 9.47 Å². The third kappa shape index (κ3) is 2.97. The van der Waals surface area contributed by atoms with E-state index >= 15 is 0 Å². The van der Waals surface area contributed by atoms with Crippen LogP contribution >= 0.6 is 0 Å². The molecule has 0 fully saturated rings. The molecule has 0 aliphatic carbocycles. The molecule has 0 aliphatic rings. The first kappa shape index (κ1) is 13.0. The van der Waals surface area contributed by atoms with Gasteiger partial charge in [0, 0.05) is 18.8 Å². The highest BCUT2D eigenvalue weighted by atomic mass is 16.7. The largest absolute Gasteiger partial charge is 0.508 e. The van der Waals surface area contributed by atoms with Crippen molar-refractivity contribution in [2.45, 2.75) is 34.0 Å². The highest BCUT2D eigenvalue weighted by Crippen LogP contribution is 2.28. The predicted molar refractivity (Wildman–Crippen MR) is 63.6 cm³/mol. The first-order valence-corrected chi connectivity index (χ1v) is 5.63. The quantitative estimate of drug-likeness (QED) is 0.781. The SMILES string of the molecule is CCOC(OCC)c1cc(C)c(O)cc1C. The summed E-state index contributed by atoms with van der Waals surface area (Å²) in [6, 6.07) is 3.66. The zero-order chi connectivity index (χ0) is 12.1. The molecule has 0 unspecified atom stereocenters. The van der Waals surface area contributed by atoms with Crippen LogP contribution in [-0.4, -0.2) is 18.3 Å². The Morgan fingerprint density at radius 3 is 2.12 bits per heavy atom. The lowest BCUT2D eigenvalue weighted by Gasteiger charge is -2.20. The fraction of sp³-hybridized carbons (Fsp3) is 0.538. The minimum absolute atomic E-state index is 0.313. The van der Waals surface area contributed by atoms with Crippen molar-refractivity contribution in [2.24, 2.45) is 0 Å². The Hall–Kier alpha value is -1.06. The van der Waals surface area contributed by atoms with Crippen LogP contribution in [0.3, 0.4) is 0 Å². The van der Waals surface area contributed by atoms with Crippen LogP contribution in [-0.2, 0) is 9.47 Å². The fourth-order valence-corrected chi connectivity index (χ4v) is 1.61. The van der Waals surface area contributed by atoms with Crippen molar-refractivity contribution < 1.29 is 14.6 Å². The average molecular weight is 224 g/mol. The maximum atomic E-state index is 9.58. The molecule has 1 aromatic rings. The molecule has 0 saturated heterocycles. The predicted octanol–water partition coefficient (Wildman–Crippen LogP) is 3.08. The summed E-state index contributed by atoms with van der Waals surface area (Å²) < 4.78 is 11.1. The Bertz CT molecular complexity index is 341. The standard InChI is InChI=1S/C13H20O3/c1-5-15-13(16-6-2)11-7-10(4)12(14)8-9(11)3/h7-8,13-14H,5-6H2,1-4H3. The molecular weight excluding hydrogens is 204 g/mol. The molecule has 0 heterocycles. The topological polar surface area (TPSA) is 38.7 Å². The second-order valence-corrected chi connectivity index (χ2v) is 3.74. The Kier molecular flexibility index (Phi) is 4.77. The van der Waals surface area contributed by atoms with Gasteiger partial charge in [0.25, 0.3) is 0 Å². The normalized spacial score (nSPS) is 11.1. The molecule has 0 radical (unpaired) electrons. The van der Waals surface area contributed by atoms with Crippen molar-refractivity contribution in [1.29, 1.82) is 0 Å². The van der Waals surface area contributed by atoms with Crippen molar-refractivity contribution in [1.82, 2.24) is 0 Å². The Morgan fingerprint density at radius 1 is 1.06 bits per heavy atom. The number of ether oxygens (including phenoxy) is 2. The third-order valence-corrected chi connectivity index (χ3v) is 2.47. The van der Waals surface area contributed by atoms with Gasteiger partial charge in [0.05, 0.1) is 0 Å². The van der Waals surface area contributed by atoms with Crippen molar-refractivity contribution in [3.8, 4) is 5.75 Å². The molecule has 0 aromatic heterocycles. The molecule has 0 bridgehead atoms. The summed E-state index contributed by atoms with van der Waals surface area (Å²) in [5.41, 5.74) is 2.80. The number of hydrogen-bond acceptors (Lipinski definition) is 3. The van der Waals surface area contributed by atoms with Gasteiger partial charge in [0.2, 0.25) is 0 Å². The van der Waals surface area contributed by atoms with E-state index in [2.05, 4.69) is 0 Å². The zero-order valence-electron chi connectivity index (χ0n) is 10.4. The van der Waals surface area contributed by atoms with Crippen LogP contribution in [0, 0.1) is 13.8 Å². The number of phenolic OH excluding ortho intramolecular Hbond substituents is 1. The lowest BCUT2D eigenvalue weighted by molar-refractivity contribution is -0.140. The summed E-state index contributed by atoms with van der Waals surface area (Å²) in [6.45, 7) is 8.89. The third-order valence-electron chi connectivity index (χ3n) is 2.47. The van der Waals surface area contributed by atoms with Gasteiger partial charge >= 0.3 is 0 Å². The van der Waals surface area contributed by atoms with Crippen LogP contribution in [0.25, 0.3) is 0 Å². The van der Waals surface area contributed by atoms with Gasteiger partial charge in [-0.15, -0.1) is 0 Å². The minimum atomic E-state index is -0.339. The van der Waals surface area contributed by atoms with E-state index in [0.29, 0.717) is 19.0 Å². The van der Waals surface area contributed by atoms with Crippen molar-refractivity contribution in [2.75, 3.05) is 13.2 Å². The summed E-state index contributed by atoms with van der Waals surface area (Å²) in [6.07, 6.45) is -0.339. The van der Waals surface area contributed by atoms with Crippen LogP contribution in [0.4, 0.5) is 0 Å². The summed E-state index contributed by atoms with van der Waals surface area (Å²) >= 11 is 0. The van der Waals surface area contributed by atoms with Gasteiger partial charge in [-0.2, -0.15) is 0 Å². The minimum Gasteiger partial charge on any atom is -0.508 e. The number of aromatic hydroxyl groups is 1. The van der Waals surface area contributed by atoms with Crippen LogP contribution < -0.4 is 0 Å². The molecule has 0 saturated carbocycles. The highest BCUT2D eigenvalue weighted by molar-refractivity contribution is 5.41. The van der Waals surface area contributed by atoms with Crippen molar-refractivity contribution in [3.05, 3.63) is 28.8 Å². The van der Waals surface area contributed by atoms with E-state index < -0.39 is 0 Å².